The molecule has 2 aliphatic rings. The first-order valence-corrected chi connectivity index (χ1v) is 10.5. The summed E-state index contributed by atoms with van der Waals surface area (Å²) < 4.78 is 8.48. The number of nitrogens with one attached hydrogen (secondary N) is 1. The van der Waals surface area contributed by atoms with E-state index in [9.17, 15) is 0 Å². The molecule has 5 nitrogen and oxygen atoms in total. The van der Waals surface area contributed by atoms with Crippen molar-refractivity contribution in [2.24, 2.45) is 0 Å². The van der Waals surface area contributed by atoms with Gasteiger partial charge in [-0.1, -0.05) is 41.9 Å². The molecule has 4 heterocycles. The molecule has 0 spiro atoms. The van der Waals surface area contributed by atoms with Crippen LogP contribution >= 0.6 is 22.9 Å². The van der Waals surface area contributed by atoms with Gasteiger partial charge in [-0.2, -0.15) is 10.1 Å². The maximum absolute atomic E-state index is 6.55. The van der Waals surface area contributed by atoms with Crippen LogP contribution in [0.25, 0.3) is 5.70 Å². The van der Waals surface area contributed by atoms with E-state index in [-0.39, 0.29) is 12.1 Å². The number of para-hydroxylation sites is 1. The van der Waals surface area contributed by atoms with Crippen molar-refractivity contribution in [3.8, 4) is 5.75 Å². The quantitative estimate of drug-likeness (QED) is 0.463. The van der Waals surface area contributed by atoms with Gasteiger partial charge in [0.2, 0.25) is 5.95 Å². The largest absolute Gasteiger partial charge is 0.480 e. The minimum absolute atomic E-state index is 0.110. The summed E-state index contributed by atoms with van der Waals surface area (Å²) in [6.45, 7) is 0. The first-order valence-electron chi connectivity index (χ1n) is 9.25. The Bertz CT molecular complexity index is 1250. The average Bonchev–Trinajstić information content (AvgIpc) is 3.43. The molecule has 0 bridgehead atoms. The van der Waals surface area contributed by atoms with Gasteiger partial charge in [-0.15, -0.1) is 11.3 Å². The summed E-state index contributed by atoms with van der Waals surface area (Å²) in [5.41, 5.74) is 4.16. The third-order valence-corrected chi connectivity index (χ3v) is 6.45. The molecule has 2 aromatic heterocycles. The maximum Gasteiger partial charge on any atom is 0.226 e. The number of anilines is 1. The zero-order chi connectivity index (χ0) is 19.4. The number of hydrogen-bond donors (Lipinski definition) is 1. The van der Waals surface area contributed by atoms with Gasteiger partial charge < -0.3 is 10.1 Å². The Labute approximate surface area is 176 Å². The van der Waals surface area contributed by atoms with E-state index in [1.165, 1.54) is 4.88 Å². The molecule has 4 aromatic rings. The van der Waals surface area contributed by atoms with E-state index in [2.05, 4.69) is 45.0 Å². The lowest BCUT2D eigenvalue weighted by Crippen LogP contribution is -2.32. The zero-order valence-corrected chi connectivity index (χ0v) is 16.7. The fourth-order valence-corrected chi connectivity index (χ4v) is 5.11. The first-order chi connectivity index (χ1) is 14.3. The summed E-state index contributed by atoms with van der Waals surface area (Å²) >= 11 is 8.03. The monoisotopic (exact) mass is 418 g/mol. The lowest BCUT2D eigenvalue weighted by atomic mass is 9.87. The molecule has 2 aliphatic heterocycles. The molecule has 2 aromatic carbocycles. The Morgan fingerprint density at radius 1 is 1.07 bits per heavy atom. The zero-order valence-electron chi connectivity index (χ0n) is 15.1. The van der Waals surface area contributed by atoms with E-state index in [0.29, 0.717) is 5.02 Å². The number of halogens is 1. The Kier molecular flexibility index (Phi) is 3.76. The molecule has 0 amide bonds. The summed E-state index contributed by atoms with van der Waals surface area (Å²) in [5.74, 6) is 1.56. The number of rotatable bonds is 2. The molecule has 0 unspecified atom stereocenters. The molecule has 0 fully saturated rings. The Hall–Kier alpha value is -3.09. The van der Waals surface area contributed by atoms with E-state index >= 15 is 0 Å². The van der Waals surface area contributed by atoms with Crippen LogP contribution in [0.3, 0.4) is 0 Å². The van der Waals surface area contributed by atoms with Crippen molar-refractivity contribution in [1.29, 1.82) is 0 Å². The van der Waals surface area contributed by atoms with Crippen LogP contribution in [-0.4, -0.2) is 14.8 Å². The van der Waals surface area contributed by atoms with E-state index in [1.54, 1.807) is 17.7 Å². The number of fused-ring (bicyclic) bond motifs is 3. The maximum atomic E-state index is 6.55. The molecule has 142 valence electrons. The highest BCUT2D eigenvalue weighted by Gasteiger charge is 2.41. The number of nitrogens with zero attached hydrogens (tertiary/aromatic N) is 3. The van der Waals surface area contributed by atoms with Crippen LogP contribution in [0.4, 0.5) is 5.95 Å². The van der Waals surface area contributed by atoms with Crippen LogP contribution in [0.2, 0.25) is 5.02 Å². The van der Waals surface area contributed by atoms with Crippen molar-refractivity contribution in [2.45, 2.75) is 12.1 Å². The molecular weight excluding hydrogens is 404 g/mol. The normalized spacial score (nSPS) is 19.6. The molecule has 6 rings (SSSR count). The van der Waals surface area contributed by atoms with Crippen molar-refractivity contribution < 1.29 is 4.74 Å². The van der Waals surface area contributed by atoms with Crippen LogP contribution in [0.1, 0.15) is 28.1 Å². The number of aromatic nitrogens is 3. The van der Waals surface area contributed by atoms with E-state index in [1.807, 2.05) is 41.1 Å². The Balaban J connectivity index is 1.64. The number of hydrogen-bond acceptors (Lipinski definition) is 5. The fraction of sp³-hybridized carbons (Fsp3) is 0.0909. The van der Waals surface area contributed by atoms with Crippen LogP contribution in [0.15, 0.2) is 77.9 Å². The highest BCUT2D eigenvalue weighted by Crippen LogP contribution is 2.51. The van der Waals surface area contributed by atoms with Gasteiger partial charge in [0, 0.05) is 21.0 Å². The molecule has 2 atom stereocenters. The van der Waals surface area contributed by atoms with Crippen LogP contribution in [0.5, 0.6) is 5.75 Å². The lowest BCUT2D eigenvalue weighted by Gasteiger charge is -2.38. The molecule has 0 aliphatic carbocycles. The highest BCUT2D eigenvalue weighted by atomic mass is 35.5. The van der Waals surface area contributed by atoms with Gasteiger partial charge in [0.1, 0.15) is 24.2 Å². The standard InChI is InChI=1S/C22H15ClN4OS/c23-14-6-3-5-13(11-14)21-18-19(15-7-1-2-8-16(15)28-21)26-22-24-12-25-27(22)20(18)17-9-4-10-29-17/h1-12,20-21H,(H,24,25,26)/t20-,21-/m1/s1. The Morgan fingerprint density at radius 3 is 2.86 bits per heavy atom. The fourth-order valence-electron chi connectivity index (χ4n) is 4.08. The topological polar surface area (TPSA) is 52.0 Å². The average molecular weight is 419 g/mol. The molecule has 7 heteroatoms. The van der Waals surface area contributed by atoms with Gasteiger partial charge in [-0.3, -0.25) is 0 Å². The number of thiophene rings is 1. The van der Waals surface area contributed by atoms with E-state index in [4.69, 9.17) is 16.3 Å². The molecule has 1 N–H and O–H groups in total. The summed E-state index contributed by atoms with van der Waals surface area (Å²) in [5, 5.41) is 10.8. The van der Waals surface area contributed by atoms with Gasteiger partial charge in [0.15, 0.2) is 0 Å². The number of ether oxygens (including phenoxy) is 1. The summed E-state index contributed by atoms with van der Waals surface area (Å²) in [6.07, 6.45) is 1.29. The Morgan fingerprint density at radius 2 is 2.00 bits per heavy atom. The van der Waals surface area contributed by atoms with Gasteiger partial charge in [0.25, 0.3) is 0 Å². The second-order valence-electron chi connectivity index (χ2n) is 6.95. The van der Waals surface area contributed by atoms with E-state index < -0.39 is 0 Å². The molecule has 0 radical (unpaired) electrons. The predicted octanol–water partition coefficient (Wildman–Crippen LogP) is 5.55. The predicted molar refractivity (Wildman–Crippen MR) is 114 cm³/mol. The second-order valence-corrected chi connectivity index (χ2v) is 8.37. The van der Waals surface area contributed by atoms with E-state index in [0.717, 1.165) is 34.1 Å². The SMILES string of the molecule is Clc1cccc([C@H]2Oc3ccccc3C3=C2[C@@H](c2cccs2)n2ncnc2N3)c1. The molecular formula is C22H15ClN4OS. The minimum atomic E-state index is -0.296. The van der Waals surface area contributed by atoms with Gasteiger partial charge in [0.05, 0.1) is 5.70 Å². The summed E-state index contributed by atoms with van der Waals surface area (Å²) in [4.78, 5) is 5.62. The number of benzene rings is 2. The summed E-state index contributed by atoms with van der Waals surface area (Å²) in [7, 11) is 0. The van der Waals surface area contributed by atoms with Crippen LogP contribution in [0, 0.1) is 0 Å². The van der Waals surface area contributed by atoms with Gasteiger partial charge >= 0.3 is 0 Å². The van der Waals surface area contributed by atoms with Crippen molar-refractivity contribution in [3.05, 3.63) is 99.0 Å². The minimum Gasteiger partial charge on any atom is -0.480 e. The van der Waals surface area contributed by atoms with Crippen LogP contribution < -0.4 is 10.1 Å². The van der Waals surface area contributed by atoms with Crippen molar-refractivity contribution >= 4 is 34.6 Å². The molecule has 0 saturated heterocycles. The lowest BCUT2D eigenvalue weighted by molar-refractivity contribution is 0.223. The van der Waals surface area contributed by atoms with Gasteiger partial charge in [-0.05, 0) is 41.3 Å². The third-order valence-electron chi connectivity index (χ3n) is 5.29. The van der Waals surface area contributed by atoms with Crippen molar-refractivity contribution in [1.82, 2.24) is 14.8 Å². The smallest absolute Gasteiger partial charge is 0.226 e. The molecule has 0 saturated carbocycles. The van der Waals surface area contributed by atoms with Crippen molar-refractivity contribution in [2.75, 3.05) is 5.32 Å². The van der Waals surface area contributed by atoms with Crippen molar-refractivity contribution in [3.63, 3.8) is 0 Å². The summed E-state index contributed by atoms with van der Waals surface area (Å²) in [6, 6.07) is 20.0. The molecule has 29 heavy (non-hydrogen) atoms. The third kappa shape index (κ3) is 2.60. The highest BCUT2D eigenvalue weighted by molar-refractivity contribution is 7.10. The van der Waals surface area contributed by atoms with Crippen LogP contribution in [-0.2, 0) is 0 Å². The van der Waals surface area contributed by atoms with Gasteiger partial charge in [-0.25, -0.2) is 4.68 Å². The second kappa shape index (κ2) is 6.47. The first kappa shape index (κ1) is 16.8.